The number of ether oxygens (including phenoxy) is 2. The summed E-state index contributed by atoms with van der Waals surface area (Å²) in [5, 5.41) is 4.46. The molecule has 0 radical (unpaired) electrons. The van der Waals surface area contributed by atoms with Crippen molar-refractivity contribution in [2.75, 3.05) is 70.4 Å². The standard InChI is InChI=1S/C37H47N5O4S/c43-36-12-10-29-9-11-31(27-34(29)42(36)28-46-37(44)41-19-13-30(14-20-41)39-17-2-1-3-18-39)45-25-5-4-16-38-21-23-40(24-22-38)33-7-6-8-35-32(33)15-26-47-35/h6-12,15,26-27,30H,1-5,13-14,16-25,28H2. The molecule has 0 bridgehead atoms. The van der Waals surface area contributed by atoms with Crippen LogP contribution in [-0.2, 0) is 11.5 Å². The SMILES string of the molecule is O=C(OCn1c(=O)ccc2ccc(OCCCCN3CCN(c4cccc5sccc45)CC3)cc21)N1CCC(N2CCCCC2)CC1. The molecule has 0 N–H and O–H groups in total. The van der Waals surface area contributed by atoms with E-state index in [4.69, 9.17) is 9.47 Å². The van der Waals surface area contributed by atoms with Crippen LogP contribution in [0.5, 0.6) is 5.75 Å². The molecule has 4 aromatic rings. The minimum absolute atomic E-state index is 0.111. The molecule has 0 atom stereocenters. The molecule has 3 aliphatic heterocycles. The van der Waals surface area contributed by atoms with Crippen LogP contribution in [-0.4, -0.2) is 96.9 Å². The number of unbranched alkanes of at least 4 members (excludes halogenated alkanes) is 1. The predicted octanol–water partition coefficient (Wildman–Crippen LogP) is 6.24. The van der Waals surface area contributed by atoms with Crippen molar-refractivity contribution in [2.45, 2.75) is 57.7 Å². The molecule has 7 rings (SSSR count). The molecule has 5 heterocycles. The average molecular weight is 658 g/mol. The molecule has 47 heavy (non-hydrogen) atoms. The number of anilines is 1. The molecular weight excluding hydrogens is 611 g/mol. The van der Waals surface area contributed by atoms with Crippen molar-refractivity contribution in [3.8, 4) is 5.75 Å². The summed E-state index contributed by atoms with van der Waals surface area (Å²) in [6, 6.07) is 18.6. The number of hydrogen-bond donors (Lipinski definition) is 0. The van der Waals surface area contributed by atoms with Gasteiger partial charge in [-0.15, -0.1) is 11.3 Å². The van der Waals surface area contributed by atoms with Gasteiger partial charge in [0.25, 0.3) is 5.56 Å². The smallest absolute Gasteiger partial charge is 0.411 e. The molecule has 0 aliphatic carbocycles. The number of hydrogen-bond acceptors (Lipinski definition) is 8. The maximum Gasteiger partial charge on any atom is 0.411 e. The van der Waals surface area contributed by atoms with E-state index in [0.29, 0.717) is 31.3 Å². The maximum absolute atomic E-state index is 12.9. The molecule has 0 spiro atoms. The van der Waals surface area contributed by atoms with Gasteiger partial charge in [0.2, 0.25) is 0 Å². The predicted molar refractivity (Wildman–Crippen MR) is 190 cm³/mol. The van der Waals surface area contributed by atoms with Crippen LogP contribution in [0.4, 0.5) is 10.5 Å². The number of likely N-dealkylation sites (tertiary alicyclic amines) is 2. The van der Waals surface area contributed by atoms with E-state index in [9.17, 15) is 9.59 Å². The number of aromatic nitrogens is 1. The van der Waals surface area contributed by atoms with Crippen LogP contribution in [0.3, 0.4) is 0 Å². The third-order valence-corrected chi connectivity index (χ3v) is 11.1. The fourth-order valence-electron chi connectivity index (χ4n) is 7.49. The van der Waals surface area contributed by atoms with E-state index in [1.54, 1.807) is 4.90 Å². The van der Waals surface area contributed by atoms with Crippen molar-refractivity contribution in [1.29, 1.82) is 0 Å². The molecule has 3 fully saturated rings. The zero-order chi connectivity index (χ0) is 32.0. The first kappa shape index (κ1) is 32.0. The first-order valence-electron chi connectivity index (χ1n) is 17.5. The first-order chi connectivity index (χ1) is 23.1. The first-order valence-corrected chi connectivity index (χ1v) is 18.4. The number of carbonyl (C=O) groups is 1. The molecule has 2 aromatic heterocycles. The fourth-order valence-corrected chi connectivity index (χ4v) is 8.30. The summed E-state index contributed by atoms with van der Waals surface area (Å²) in [4.78, 5) is 35.3. The van der Waals surface area contributed by atoms with Gasteiger partial charge in [-0.1, -0.05) is 12.5 Å². The zero-order valence-electron chi connectivity index (χ0n) is 27.4. The number of piperazine rings is 1. The van der Waals surface area contributed by atoms with Crippen molar-refractivity contribution in [2.24, 2.45) is 0 Å². The zero-order valence-corrected chi connectivity index (χ0v) is 28.2. The highest BCUT2D eigenvalue weighted by Crippen LogP contribution is 2.31. The van der Waals surface area contributed by atoms with Crippen LogP contribution in [0.1, 0.15) is 44.9 Å². The highest BCUT2D eigenvalue weighted by Gasteiger charge is 2.28. The minimum Gasteiger partial charge on any atom is -0.494 e. The van der Waals surface area contributed by atoms with E-state index in [1.165, 1.54) is 58.8 Å². The van der Waals surface area contributed by atoms with Gasteiger partial charge in [-0.3, -0.25) is 14.3 Å². The molecule has 9 nitrogen and oxygen atoms in total. The Kier molecular flexibility index (Phi) is 10.3. The Morgan fingerprint density at radius 2 is 1.66 bits per heavy atom. The lowest BCUT2D eigenvalue weighted by molar-refractivity contribution is 0.0509. The van der Waals surface area contributed by atoms with E-state index < -0.39 is 0 Å². The second kappa shape index (κ2) is 15.1. The van der Waals surface area contributed by atoms with Gasteiger partial charge >= 0.3 is 6.09 Å². The Bertz CT molecular complexity index is 1700. The molecule has 3 aliphatic rings. The van der Waals surface area contributed by atoms with Crippen LogP contribution in [0.15, 0.2) is 64.8 Å². The van der Waals surface area contributed by atoms with Gasteiger partial charge in [-0.25, -0.2) is 4.79 Å². The molecule has 3 saturated heterocycles. The van der Waals surface area contributed by atoms with Crippen molar-refractivity contribution < 1.29 is 14.3 Å². The number of rotatable bonds is 10. The Balaban J connectivity index is 0.858. The number of amides is 1. The highest BCUT2D eigenvalue weighted by atomic mass is 32.1. The molecular formula is C37H47N5O4S. The summed E-state index contributed by atoms with van der Waals surface area (Å²) in [6.45, 7) is 9.58. The number of pyridine rings is 1. The van der Waals surface area contributed by atoms with Crippen molar-refractivity contribution in [3.05, 3.63) is 70.3 Å². The van der Waals surface area contributed by atoms with E-state index in [1.807, 2.05) is 35.6 Å². The molecule has 250 valence electrons. The Hall–Kier alpha value is -3.60. The highest BCUT2D eigenvalue weighted by molar-refractivity contribution is 7.17. The topological polar surface area (TPSA) is 70.5 Å². The summed E-state index contributed by atoms with van der Waals surface area (Å²) in [5.41, 5.74) is 1.88. The lowest BCUT2D eigenvalue weighted by Crippen LogP contribution is -2.48. The molecule has 0 unspecified atom stereocenters. The number of nitrogens with zero attached hydrogens (tertiary/aromatic N) is 5. The summed E-state index contributed by atoms with van der Waals surface area (Å²) in [5.74, 6) is 0.721. The number of benzene rings is 2. The number of thiophene rings is 1. The van der Waals surface area contributed by atoms with Gasteiger partial charge in [0.05, 0.1) is 12.1 Å². The summed E-state index contributed by atoms with van der Waals surface area (Å²) in [7, 11) is 0. The largest absolute Gasteiger partial charge is 0.494 e. The summed E-state index contributed by atoms with van der Waals surface area (Å²) < 4.78 is 14.7. The van der Waals surface area contributed by atoms with Crippen LogP contribution < -0.4 is 15.2 Å². The Morgan fingerprint density at radius 1 is 0.851 bits per heavy atom. The minimum atomic E-state index is -0.348. The van der Waals surface area contributed by atoms with Gasteiger partial charge in [-0.05, 0) is 105 Å². The summed E-state index contributed by atoms with van der Waals surface area (Å²) in [6.07, 6.45) is 7.53. The van der Waals surface area contributed by atoms with E-state index in [2.05, 4.69) is 44.3 Å². The second-order valence-corrected chi connectivity index (χ2v) is 14.1. The van der Waals surface area contributed by atoms with Crippen LogP contribution >= 0.6 is 11.3 Å². The van der Waals surface area contributed by atoms with Gasteiger partial charge in [0.1, 0.15) is 5.75 Å². The van der Waals surface area contributed by atoms with Gasteiger partial charge < -0.3 is 24.2 Å². The summed E-state index contributed by atoms with van der Waals surface area (Å²) >= 11 is 1.81. The van der Waals surface area contributed by atoms with Crippen molar-refractivity contribution in [3.63, 3.8) is 0 Å². The van der Waals surface area contributed by atoms with Gasteiger partial charge in [0.15, 0.2) is 6.73 Å². The van der Waals surface area contributed by atoms with Crippen molar-refractivity contribution >= 4 is 44.1 Å². The maximum atomic E-state index is 12.9. The monoisotopic (exact) mass is 657 g/mol. The van der Waals surface area contributed by atoms with Crippen molar-refractivity contribution in [1.82, 2.24) is 19.3 Å². The molecule has 1 amide bonds. The quantitative estimate of drug-likeness (QED) is 0.187. The lowest BCUT2D eigenvalue weighted by Gasteiger charge is -2.39. The van der Waals surface area contributed by atoms with E-state index in [0.717, 1.165) is 69.5 Å². The lowest BCUT2D eigenvalue weighted by atomic mass is 10.0. The molecule has 10 heteroatoms. The third kappa shape index (κ3) is 7.60. The van der Waals surface area contributed by atoms with Gasteiger partial charge in [-0.2, -0.15) is 0 Å². The molecule has 0 saturated carbocycles. The fraction of sp³-hybridized carbons (Fsp3) is 0.514. The van der Waals surface area contributed by atoms with Gasteiger partial charge in [0, 0.05) is 73.2 Å². The number of piperidine rings is 2. The Morgan fingerprint density at radius 3 is 2.49 bits per heavy atom. The third-order valence-electron chi connectivity index (χ3n) is 10.2. The van der Waals surface area contributed by atoms with Crippen LogP contribution in [0.25, 0.3) is 21.0 Å². The average Bonchev–Trinajstić information content (AvgIpc) is 3.61. The van der Waals surface area contributed by atoms with E-state index in [-0.39, 0.29) is 18.4 Å². The Labute approximate surface area is 281 Å². The number of carbonyl (C=O) groups excluding carboxylic acids is 1. The normalized spacial score (nSPS) is 18.6. The van der Waals surface area contributed by atoms with Crippen LogP contribution in [0, 0.1) is 0 Å². The van der Waals surface area contributed by atoms with Crippen LogP contribution in [0.2, 0.25) is 0 Å². The molecule has 2 aromatic carbocycles. The number of fused-ring (bicyclic) bond motifs is 2. The van der Waals surface area contributed by atoms with E-state index >= 15 is 0 Å². The second-order valence-electron chi connectivity index (χ2n) is 13.2.